The molecule has 1 rings (SSSR count). The van der Waals surface area contributed by atoms with Crippen molar-refractivity contribution in [2.24, 2.45) is 0 Å². The molecule has 0 saturated heterocycles. The molecule has 0 aliphatic carbocycles. The highest BCUT2D eigenvalue weighted by molar-refractivity contribution is 8.03. The van der Waals surface area contributed by atoms with Crippen molar-refractivity contribution in [3.63, 3.8) is 0 Å². The lowest BCUT2D eigenvalue weighted by Gasteiger charge is -2.00. The summed E-state index contributed by atoms with van der Waals surface area (Å²) in [5.74, 6) is 3.27. The fourth-order valence-corrected chi connectivity index (χ4v) is 2.92. The summed E-state index contributed by atoms with van der Waals surface area (Å²) in [5.41, 5.74) is 0. The van der Waals surface area contributed by atoms with E-state index in [1.165, 1.54) is 69.1 Å². The summed E-state index contributed by atoms with van der Waals surface area (Å²) in [6.07, 6.45) is 15.0. The summed E-state index contributed by atoms with van der Waals surface area (Å²) in [6.45, 7) is 2.28. The van der Waals surface area contributed by atoms with Gasteiger partial charge in [-0.1, -0.05) is 88.8 Å². The highest BCUT2D eigenvalue weighted by Crippen LogP contribution is 2.15. The normalized spacial score (nSPS) is 10.1. The Bertz CT molecular complexity index is 385. The van der Waals surface area contributed by atoms with E-state index in [0.29, 0.717) is 0 Å². The quantitative estimate of drug-likeness (QED) is 0.240. The van der Waals surface area contributed by atoms with Crippen LogP contribution >= 0.6 is 11.8 Å². The SMILES string of the molecule is CCCCCCCCCCCCC#CSc1ccccc1. The predicted octanol–water partition coefficient (Wildman–Crippen LogP) is 7.05. The minimum absolute atomic E-state index is 1.05. The first kappa shape index (κ1) is 18.2. The first-order valence-corrected chi connectivity index (χ1v) is 9.45. The zero-order valence-corrected chi connectivity index (χ0v) is 14.4. The van der Waals surface area contributed by atoms with Gasteiger partial charge in [-0.25, -0.2) is 0 Å². The van der Waals surface area contributed by atoms with Gasteiger partial charge < -0.3 is 0 Å². The number of hydrogen-bond donors (Lipinski definition) is 0. The molecule has 0 amide bonds. The van der Waals surface area contributed by atoms with Crippen LogP contribution in [-0.4, -0.2) is 0 Å². The van der Waals surface area contributed by atoms with E-state index in [-0.39, 0.29) is 0 Å². The molecule has 0 aliphatic rings. The third-order valence-electron chi connectivity index (χ3n) is 3.64. The molecule has 0 spiro atoms. The minimum atomic E-state index is 1.05. The summed E-state index contributed by atoms with van der Waals surface area (Å²) in [7, 11) is 0. The molecule has 1 aromatic carbocycles. The van der Waals surface area contributed by atoms with Crippen molar-refractivity contribution >= 4 is 11.8 Å². The maximum Gasteiger partial charge on any atom is 0.0203 e. The fourth-order valence-electron chi connectivity index (χ4n) is 2.34. The van der Waals surface area contributed by atoms with Crippen LogP contribution in [0.15, 0.2) is 35.2 Å². The Morgan fingerprint density at radius 1 is 0.762 bits per heavy atom. The topological polar surface area (TPSA) is 0 Å². The zero-order chi connectivity index (χ0) is 15.0. The second kappa shape index (κ2) is 14.1. The lowest BCUT2D eigenvalue weighted by atomic mass is 10.1. The van der Waals surface area contributed by atoms with Crippen molar-refractivity contribution in [1.82, 2.24) is 0 Å². The van der Waals surface area contributed by atoms with Gasteiger partial charge in [-0.3, -0.25) is 0 Å². The third kappa shape index (κ3) is 11.5. The number of rotatable bonds is 11. The zero-order valence-electron chi connectivity index (χ0n) is 13.6. The molecular weight excluding hydrogens is 272 g/mol. The van der Waals surface area contributed by atoms with Crippen LogP contribution in [0, 0.1) is 11.2 Å². The Labute approximate surface area is 136 Å². The second-order valence-corrected chi connectivity index (χ2v) is 6.51. The average molecular weight is 303 g/mol. The van der Waals surface area contributed by atoms with Crippen molar-refractivity contribution in [1.29, 1.82) is 0 Å². The molecule has 0 atom stereocenters. The summed E-state index contributed by atoms with van der Waals surface area (Å²) in [5, 5.41) is 3.20. The van der Waals surface area contributed by atoms with Gasteiger partial charge in [0.2, 0.25) is 0 Å². The van der Waals surface area contributed by atoms with Crippen molar-refractivity contribution in [2.45, 2.75) is 82.4 Å². The summed E-state index contributed by atoms with van der Waals surface area (Å²) in [6, 6.07) is 10.4. The molecule has 1 heteroatoms. The van der Waals surface area contributed by atoms with E-state index >= 15 is 0 Å². The molecule has 0 nitrogen and oxygen atoms in total. The Morgan fingerprint density at radius 3 is 1.95 bits per heavy atom. The molecule has 0 heterocycles. The van der Waals surface area contributed by atoms with E-state index < -0.39 is 0 Å². The van der Waals surface area contributed by atoms with Gasteiger partial charge in [0.1, 0.15) is 0 Å². The van der Waals surface area contributed by atoms with Crippen LogP contribution in [0.4, 0.5) is 0 Å². The molecule has 116 valence electrons. The Balaban J connectivity index is 1.85. The molecular formula is C20H30S. The van der Waals surface area contributed by atoms with Crippen LogP contribution < -0.4 is 0 Å². The Kier molecular flexibility index (Phi) is 12.2. The van der Waals surface area contributed by atoms with Crippen LogP contribution in [0.25, 0.3) is 0 Å². The van der Waals surface area contributed by atoms with Crippen molar-refractivity contribution in [2.75, 3.05) is 0 Å². The van der Waals surface area contributed by atoms with E-state index in [2.05, 4.69) is 42.4 Å². The van der Waals surface area contributed by atoms with E-state index in [0.717, 1.165) is 6.42 Å². The van der Waals surface area contributed by atoms with Crippen molar-refractivity contribution < 1.29 is 0 Å². The van der Waals surface area contributed by atoms with Crippen LogP contribution in [-0.2, 0) is 0 Å². The molecule has 0 bridgehead atoms. The molecule has 0 N–H and O–H groups in total. The number of hydrogen-bond acceptors (Lipinski definition) is 1. The Hall–Kier alpha value is -0.870. The van der Waals surface area contributed by atoms with Crippen molar-refractivity contribution in [3.05, 3.63) is 30.3 Å². The monoisotopic (exact) mass is 302 g/mol. The largest absolute Gasteiger partial charge is 0.0909 e. The van der Waals surface area contributed by atoms with Gasteiger partial charge >= 0.3 is 0 Å². The fraction of sp³-hybridized carbons (Fsp3) is 0.600. The molecule has 0 saturated carbocycles. The third-order valence-corrected chi connectivity index (χ3v) is 4.39. The first-order valence-electron chi connectivity index (χ1n) is 8.63. The maximum atomic E-state index is 3.27. The number of benzene rings is 1. The van der Waals surface area contributed by atoms with Gasteiger partial charge in [-0.05, 0) is 35.6 Å². The highest BCUT2D eigenvalue weighted by atomic mass is 32.2. The summed E-state index contributed by atoms with van der Waals surface area (Å²) >= 11 is 1.64. The van der Waals surface area contributed by atoms with Gasteiger partial charge in [-0.15, -0.1) is 0 Å². The van der Waals surface area contributed by atoms with E-state index in [1.807, 2.05) is 6.07 Å². The highest BCUT2D eigenvalue weighted by Gasteiger charge is 1.92. The molecule has 0 aliphatic heterocycles. The van der Waals surface area contributed by atoms with Crippen LogP contribution in [0.3, 0.4) is 0 Å². The molecule has 0 fully saturated rings. The first-order chi connectivity index (χ1) is 10.4. The minimum Gasteiger partial charge on any atom is -0.0909 e. The van der Waals surface area contributed by atoms with Gasteiger partial charge in [0.25, 0.3) is 0 Å². The van der Waals surface area contributed by atoms with E-state index in [1.54, 1.807) is 11.8 Å². The average Bonchev–Trinajstić information content (AvgIpc) is 2.53. The van der Waals surface area contributed by atoms with Crippen LogP contribution in [0.2, 0.25) is 0 Å². The van der Waals surface area contributed by atoms with Gasteiger partial charge in [-0.2, -0.15) is 0 Å². The lowest BCUT2D eigenvalue weighted by molar-refractivity contribution is 0.558. The molecule has 0 radical (unpaired) electrons. The smallest absolute Gasteiger partial charge is 0.0203 e. The predicted molar refractivity (Wildman–Crippen MR) is 96.5 cm³/mol. The van der Waals surface area contributed by atoms with Crippen LogP contribution in [0.5, 0.6) is 0 Å². The molecule has 0 aromatic heterocycles. The van der Waals surface area contributed by atoms with Crippen molar-refractivity contribution in [3.8, 4) is 11.2 Å². The standard InChI is InChI=1S/C20H30S/c1-2-3-4-5-6-7-8-9-10-11-12-16-19-21-20-17-14-13-15-18-20/h13-15,17-18H,2-12H2,1H3. The number of thioether (sulfide) groups is 1. The number of unbranched alkanes of at least 4 members (excludes halogenated alkanes) is 10. The summed E-state index contributed by atoms with van der Waals surface area (Å²) < 4.78 is 0. The molecule has 1 aromatic rings. The molecule has 21 heavy (non-hydrogen) atoms. The van der Waals surface area contributed by atoms with Crippen LogP contribution in [0.1, 0.15) is 77.6 Å². The van der Waals surface area contributed by atoms with Gasteiger partial charge in [0.05, 0.1) is 0 Å². The maximum absolute atomic E-state index is 3.27. The second-order valence-electron chi connectivity index (χ2n) is 5.63. The molecule has 0 unspecified atom stereocenters. The summed E-state index contributed by atoms with van der Waals surface area (Å²) in [4.78, 5) is 1.24. The van der Waals surface area contributed by atoms with E-state index in [9.17, 15) is 0 Å². The van der Waals surface area contributed by atoms with E-state index in [4.69, 9.17) is 0 Å². The Morgan fingerprint density at radius 2 is 1.33 bits per heavy atom. The lowest BCUT2D eigenvalue weighted by Crippen LogP contribution is -1.81. The van der Waals surface area contributed by atoms with Gasteiger partial charge in [0.15, 0.2) is 0 Å². The van der Waals surface area contributed by atoms with Gasteiger partial charge in [0, 0.05) is 11.3 Å².